The van der Waals surface area contributed by atoms with Crippen LogP contribution in [0.3, 0.4) is 0 Å². The summed E-state index contributed by atoms with van der Waals surface area (Å²) in [5.41, 5.74) is 0.0556. The van der Waals surface area contributed by atoms with Crippen LogP contribution >= 0.6 is 0 Å². The molecular weight excluding hydrogens is 268 g/mol. The predicted molar refractivity (Wildman–Crippen MR) is 80.1 cm³/mol. The van der Waals surface area contributed by atoms with Gasteiger partial charge in [-0.2, -0.15) is 0 Å². The van der Waals surface area contributed by atoms with Crippen molar-refractivity contribution in [3.8, 4) is 0 Å². The van der Waals surface area contributed by atoms with Gasteiger partial charge in [0.15, 0.2) is 0 Å². The van der Waals surface area contributed by atoms with Gasteiger partial charge in [0.2, 0.25) is 0 Å². The molecule has 1 saturated carbocycles. The zero-order valence-electron chi connectivity index (χ0n) is 12.9. The minimum atomic E-state index is 0.0556. The van der Waals surface area contributed by atoms with E-state index in [2.05, 4.69) is 5.32 Å². The first-order valence-corrected chi connectivity index (χ1v) is 8.51. The van der Waals surface area contributed by atoms with Gasteiger partial charge in [0, 0.05) is 32.3 Å². The highest BCUT2D eigenvalue weighted by molar-refractivity contribution is 5.74. The summed E-state index contributed by atoms with van der Waals surface area (Å²) in [7, 11) is 0. The lowest BCUT2D eigenvalue weighted by atomic mass is 9.89. The van der Waals surface area contributed by atoms with Crippen LogP contribution in [0.5, 0.6) is 0 Å². The number of aliphatic hydroxyl groups is 1. The number of rotatable bonds is 2. The van der Waals surface area contributed by atoms with Crippen molar-refractivity contribution in [1.82, 2.24) is 10.2 Å². The van der Waals surface area contributed by atoms with Crippen molar-refractivity contribution >= 4 is 6.03 Å². The van der Waals surface area contributed by atoms with Crippen molar-refractivity contribution in [3.63, 3.8) is 0 Å². The van der Waals surface area contributed by atoms with Crippen LogP contribution in [-0.4, -0.2) is 54.0 Å². The first-order chi connectivity index (χ1) is 10.2. The van der Waals surface area contributed by atoms with E-state index in [0.29, 0.717) is 5.92 Å². The average molecular weight is 296 g/mol. The van der Waals surface area contributed by atoms with Crippen molar-refractivity contribution < 1.29 is 14.6 Å². The number of aliphatic hydroxyl groups excluding tert-OH is 1. The number of ether oxygens (including phenoxy) is 1. The molecule has 2 N–H and O–H groups in total. The van der Waals surface area contributed by atoms with E-state index in [9.17, 15) is 4.79 Å². The number of hydrogen-bond acceptors (Lipinski definition) is 3. The molecule has 2 amide bonds. The molecule has 1 atom stereocenters. The van der Waals surface area contributed by atoms with E-state index in [0.717, 1.165) is 58.2 Å². The maximum absolute atomic E-state index is 12.4. The number of carbonyl (C=O) groups excluding carboxylic acids is 1. The fourth-order valence-corrected chi connectivity index (χ4v) is 4.10. The molecule has 0 bridgehead atoms. The lowest BCUT2D eigenvalue weighted by Gasteiger charge is -2.39. The smallest absolute Gasteiger partial charge is 0.317 e. The molecule has 120 valence electrons. The molecule has 3 fully saturated rings. The second-order valence-electron chi connectivity index (χ2n) is 6.99. The number of hydrogen-bond donors (Lipinski definition) is 2. The van der Waals surface area contributed by atoms with E-state index in [4.69, 9.17) is 9.84 Å². The molecule has 2 heterocycles. The third kappa shape index (κ3) is 3.51. The van der Waals surface area contributed by atoms with Gasteiger partial charge >= 0.3 is 6.03 Å². The summed E-state index contributed by atoms with van der Waals surface area (Å²) in [5, 5.41) is 12.4. The Morgan fingerprint density at radius 1 is 1.24 bits per heavy atom. The number of likely N-dealkylation sites (tertiary alicyclic amines) is 1. The Labute approximate surface area is 127 Å². The number of nitrogens with zero attached hydrogens (tertiary/aromatic N) is 1. The van der Waals surface area contributed by atoms with Crippen LogP contribution in [0, 0.1) is 5.92 Å². The molecule has 0 aromatic rings. The first kappa shape index (κ1) is 15.1. The second-order valence-corrected chi connectivity index (χ2v) is 6.99. The highest BCUT2D eigenvalue weighted by Gasteiger charge is 2.40. The first-order valence-electron chi connectivity index (χ1n) is 8.51. The Bertz CT molecular complexity index is 361. The summed E-state index contributed by atoms with van der Waals surface area (Å²) >= 11 is 0. The second kappa shape index (κ2) is 6.53. The molecule has 3 rings (SSSR count). The number of nitrogens with one attached hydrogen (secondary N) is 1. The van der Waals surface area contributed by atoms with Crippen LogP contribution in [0.2, 0.25) is 0 Å². The van der Waals surface area contributed by atoms with Gasteiger partial charge in [-0.25, -0.2) is 4.79 Å². The molecule has 5 nitrogen and oxygen atoms in total. The van der Waals surface area contributed by atoms with Gasteiger partial charge in [-0.3, -0.25) is 0 Å². The molecule has 0 aromatic heterocycles. The predicted octanol–water partition coefficient (Wildman–Crippen LogP) is 1.89. The van der Waals surface area contributed by atoms with E-state index >= 15 is 0 Å². The summed E-state index contributed by atoms with van der Waals surface area (Å²) in [6.45, 7) is 2.56. The Balaban J connectivity index is 1.48. The van der Waals surface area contributed by atoms with Crippen LogP contribution in [0.1, 0.15) is 51.4 Å². The number of amides is 2. The van der Waals surface area contributed by atoms with E-state index in [1.165, 1.54) is 12.8 Å². The molecule has 1 unspecified atom stereocenters. The summed E-state index contributed by atoms with van der Waals surface area (Å²) in [6.07, 6.45) is 8.57. The standard InChI is InChI=1S/C16H28N2O3/c19-12-13-3-8-18(9-4-13)15(20)17-14-5-10-21-16(11-14)6-1-2-7-16/h13-14,19H,1-12H2,(H,17,20). The quantitative estimate of drug-likeness (QED) is 0.818. The zero-order chi connectivity index (χ0) is 14.7. The Morgan fingerprint density at radius 2 is 1.95 bits per heavy atom. The third-order valence-corrected chi connectivity index (χ3v) is 5.50. The van der Waals surface area contributed by atoms with E-state index in [1.807, 2.05) is 4.90 Å². The molecule has 21 heavy (non-hydrogen) atoms. The molecule has 5 heteroatoms. The molecule has 1 spiro atoms. The number of carbonyl (C=O) groups is 1. The monoisotopic (exact) mass is 296 g/mol. The van der Waals surface area contributed by atoms with Gasteiger partial charge in [0.1, 0.15) is 0 Å². The number of urea groups is 1. The molecular formula is C16H28N2O3. The highest BCUT2D eigenvalue weighted by Crippen LogP contribution is 2.40. The average Bonchev–Trinajstić information content (AvgIpc) is 2.95. The minimum Gasteiger partial charge on any atom is -0.396 e. The van der Waals surface area contributed by atoms with E-state index in [-0.39, 0.29) is 24.3 Å². The molecule has 0 aromatic carbocycles. The van der Waals surface area contributed by atoms with Crippen molar-refractivity contribution in [2.24, 2.45) is 5.92 Å². The topological polar surface area (TPSA) is 61.8 Å². The Hall–Kier alpha value is -0.810. The van der Waals surface area contributed by atoms with Crippen LogP contribution in [0.25, 0.3) is 0 Å². The summed E-state index contributed by atoms with van der Waals surface area (Å²) in [4.78, 5) is 14.3. The molecule has 2 aliphatic heterocycles. The van der Waals surface area contributed by atoms with Crippen molar-refractivity contribution in [2.75, 3.05) is 26.3 Å². The van der Waals surface area contributed by atoms with Crippen molar-refractivity contribution in [3.05, 3.63) is 0 Å². The highest BCUT2D eigenvalue weighted by atomic mass is 16.5. The van der Waals surface area contributed by atoms with E-state index in [1.54, 1.807) is 0 Å². The fraction of sp³-hybridized carbons (Fsp3) is 0.938. The molecule has 3 aliphatic rings. The SMILES string of the molecule is O=C(NC1CCOC2(CCCC2)C1)N1CCC(CO)CC1. The molecule has 0 radical (unpaired) electrons. The summed E-state index contributed by atoms with van der Waals surface area (Å²) in [6, 6.07) is 0.339. The van der Waals surface area contributed by atoms with Gasteiger partial charge in [0.25, 0.3) is 0 Å². The van der Waals surface area contributed by atoms with Gasteiger partial charge in [-0.15, -0.1) is 0 Å². The van der Waals surface area contributed by atoms with Crippen LogP contribution in [0.4, 0.5) is 4.79 Å². The van der Waals surface area contributed by atoms with Crippen molar-refractivity contribution in [2.45, 2.75) is 63.0 Å². The largest absolute Gasteiger partial charge is 0.396 e. The van der Waals surface area contributed by atoms with Crippen LogP contribution < -0.4 is 5.32 Å². The van der Waals surface area contributed by atoms with E-state index < -0.39 is 0 Å². The number of piperidine rings is 1. The van der Waals surface area contributed by atoms with Crippen LogP contribution in [-0.2, 0) is 4.74 Å². The fourth-order valence-electron chi connectivity index (χ4n) is 4.10. The maximum atomic E-state index is 12.4. The molecule has 1 aliphatic carbocycles. The van der Waals surface area contributed by atoms with Gasteiger partial charge in [-0.05, 0) is 44.4 Å². The normalized spacial score (nSPS) is 29.8. The summed E-state index contributed by atoms with van der Waals surface area (Å²) < 4.78 is 6.02. The Kier molecular flexibility index (Phi) is 4.69. The summed E-state index contributed by atoms with van der Waals surface area (Å²) in [5.74, 6) is 0.374. The Morgan fingerprint density at radius 3 is 2.62 bits per heavy atom. The minimum absolute atomic E-state index is 0.0556. The molecule has 2 saturated heterocycles. The maximum Gasteiger partial charge on any atom is 0.317 e. The lowest BCUT2D eigenvalue weighted by Crippen LogP contribution is -2.52. The zero-order valence-corrected chi connectivity index (χ0v) is 12.9. The van der Waals surface area contributed by atoms with Crippen LogP contribution in [0.15, 0.2) is 0 Å². The van der Waals surface area contributed by atoms with Gasteiger partial charge in [0.05, 0.1) is 5.60 Å². The lowest BCUT2D eigenvalue weighted by molar-refractivity contribution is -0.0824. The third-order valence-electron chi connectivity index (χ3n) is 5.50. The van der Waals surface area contributed by atoms with Gasteiger partial charge in [-0.1, -0.05) is 12.8 Å². The van der Waals surface area contributed by atoms with Crippen molar-refractivity contribution in [1.29, 1.82) is 0 Å². The van der Waals surface area contributed by atoms with Gasteiger partial charge < -0.3 is 20.1 Å².